The van der Waals surface area contributed by atoms with Gasteiger partial charge in [-0.1, -0.05) is 12.1 Å². The molecule has 1 saturated heterocycles. The van der Waals surface area contributed by atoms with E-state index in [9.17, 15) is 9.18 Å². The number of thiocarbonyl (C=S) groups is 1. The van der Waals surface area contributed by atoms with Crippen LogP contribution in [0, 0.1) is 5.82 Å². The van der Waals surface area contributed by atoms with Crippen molar-refractivity contribution in [2.45, 2.75) is 25.8 Å². The maximum absolute atomic E-state index is 13.1. The Balaban J connectivity index is 1.53. The first-order valence-electron chi connectivity index (χ1n) is 9.66. The van der Waals surface area contributed by atoms with Crippen molar-refractivity contribution in [3.63, 3.8) is 0 Å². The third kappa shape index (κ3) is 6.05. The summed E-state index contributed by atoms with van der Waals surface area (Å²) < 4.78 is 18.2. The largest absolute Gasteiger partial charge is 0.450 e. The summed E-state index contributed by atoms with van der Waals surface area (Å²) in [5.74, 6) is -0.277. The lowest BCUT2D eigenvalue weighted by Crippen LogP contribution is -2.47. The number of benzene rings is 2. The molecular formula is C21H25FN4O2S. The molecule has 1 aliphatic rings. The second-order valence-corrected chi connectivity index (χ2v) is 7.14. The van der Waals surface area contributed by atoms with Crippen molar-refractivity contribution in [1.82, 2.24) is 10.2 Å². The second-order valence-electron chi connectivity index (χ2n) is 6.74. The average molecular weight is 417 g/mol. The first-order valence-corrected chi connectivity index (χ1v) is 10.1. The van der Waals surface area contributed by atoms with Gasteiger partial charge in [-0.05, 0) is 68.4 Å². The van der Waals surface area contributed by atoms with Crippen molar-refractivity contribution in [2.24, 2.45) is 0 Å². The Morgan fingerprint density at radius 2 is 1.79 bits per heavy atom. The van der Waals surface area contributed by atoms with Crippen LogP contribution in [0.5, 0.6) is 0 Å². The fourth-order valence-electron chi connectivity index (χ4n) is 3.15. The molecule has 29 heavy (non-hydrogen) atoms. The predicted octanol–water partition coefficient (Wildman–Crippen LogP) is 4.48. The van der Waals surface area contributed by atoms with Crippen molar-refractivity contribution >= 4 is 40.5 Å². The highest BCUT2D eigenvalue weighted by molar-refractivity contribution is 7.80. The zero-order chi connectivity index (χ0) is 20.6. The maximum Gasteiger partial charge on any atom is 0.409 e. The molecule has 1 heterocycles. The number of likely N-dealkylation sites (tertiary alicyclic amines) is 1. The van der Waals surface area contributed by atoms with E-state index in [4.69, 9.17) is 17.0 Å². The van der Waals surface area contributed by atoms with E-state index in [-0.39, 0.29) is 18.0 Å². The fourth-order valence-corrected chi connectivity index (χ4v) is 3.43. The smallest absolute Gasteiger partial charge is 0.409 e. The van der Waals surface area contributed by atoms with Crippen molar-refractivity contribution in [3.05, 3.63) is 54.3 Å². The monoisotopic (exact) mass is 416 g/mol. The van der Waals surface area contributed by atoms with Crippen molar-refractivity contribution < 1.29 is 13.9 Å². The zero-order valence-corrected chi connectivity index (χ0v) is 17.1. The molecule has 0 unspecified atom stereocenters. The molecule has 2 aromatic carbocycles. The standard InChI is InChI=1S/C21H25FN4O2S/c1-2-28-21(27)26-13-11-17(12-14-26)24-20(29)25-19-6-4-3-5-18(19)23-16-9-7-15(22)8-10-16/h3-10,17,23H,2,11-14H2,1H3,(H2,24,25,29). The Morgan fingerprint density at radius 3 is 2.45 bits per heavy atom. The van der Waals surface area contributed by atoms with Crippen LogP contribution in [-0.2, 0) is 4.74 Å². The van der Waals surface area contributed by atoms with E-state index in [2.05, 4.69) is 16.0 Å². The van der Waals surface area contributed by atoms with Gasteiger partial charge < -0.3 is 25.6 Å². The topological polar surface area (TPSA) is 65.6 Å². The summed E-state index contributed by atoms with van der Waals surface area (Å²) in [5.41, 5.74) is 2.43. The van der Waals surface area contributed by atoms with Crippen LogP contribution in [0.1, 0.15) is 19.8 Å². The molecule has 0 atom stereocenters. The number of carbonyl (C=O) groups is 1. The van der Waals surface area contributed by atoms with Crippen molar-refractivity contribution in [1.29, 1.82) is 0 Å². The molecule has 8 heteroatoms. The molecule has 0 saturated carbocycles. The third-order valence-corrected chi connectivity index (χ3v) is 4.87. The number of hydrogen-bond donors (Lipinski definition) is 3. The molecule has 1 fully saturated rings. The van der Waals surface area contributed by atoms with E-state index < -0.39 is 0 Å². The number of nitrogens with zero attached hydrogens (tertiary/aromatic N) is 1. The number of carbonyl (C=O) groups excluding carboxylic acids is 1. The molecule has 0 aliphatic carbocycles. The first kappa shape index (κ1) is 20.9. The number of rotatable bonds is 5. The highest BCUT2D eigenvalue weighted by Crippen LogP contribution is 2.25. The Bertz CT molecular complexity index is 839. The number of ether oxygens (including phenoxy) is 1. The molecule has 1 amide bonds. The summed E-state index contributed by atoms with van der Waals surface area (Å²) in [4.78, 5) is 13.5. The van der Waals surface area contributed by atoms with Gasteiger partial charge >= 0.3 is 6.09 Å². The number of nitrogens with one attached hydrogen (secondary N) is 3. The molecular weight excluding hydrogens is 391 g/mol. The zero-order valence-electron chi connectivity index (χ0n) is 16.3. The highest BCUT2D eigenvalue weighted by atomic mass is 32.1. The van der Waals surface area contributed by atoms with E-state index in [1.165, 1.54) is 12.1 Å². The molecule has 3 rings (SSSR count). The van der Waals surface area contributed by atoms with Gasteiger partial charge in [0, 0.05) is 24.8 Å². The molecule has 0 spiro atoms. The van der Waals surface area contributed by atoms with E-state index in [1.54, 1.807) is 24.0 Å². The maximum atomic E-state index is 13.1. The number of halogens is 1. The minimum Gasteiger partial charge on any atom is -0.450 e. The van der Waals surface area contributed by atoms with Crippen LogP contribution in [0.25, 0.3) is 0 Å². The van der Waals surface area contributed by atoms with Gasteiger partial charge in [-0.2, -0.15) is 0 Å². The van der Waals surface area contributed by atoms with Gasteiger partial charge in [0.15, 0.2) is 5.11 Å². The fraction of sp³-hybridized carbons (Fsp3) is 0.333. The molecule has 0 aromatic heterocycles. The summed E-state index contributed by atoms with van der Waals surface area (Å²) in [7, 11) is 0. The van der Waals surface area contributed by atoms with E-state index in [0.717, 1.165) is 29.9 Å². The molecule has 3 N–H and O–H groups in total. The molecule has 2 aromatic rings. The summed E-state index contributed by atoms with van der Waals surface area (Å²) in [5, 5.41) is 10.3. The van der Waals surface area contributed by atoms with Gasteiger partial charge in [0.05, 0.1) is 18.0 Å². The first-order chi connectivity index (χ1) is 14.0. The molecule has 1 aliphatic heterocycles. The Hall–Kier alpha value is -2.87. The minimum absolute atomic E-state index is 0.192. The van der Waals surface area contributed by atoms with Crippen molar-refractivity contribution in [2.75, 3.05) is 30.3 Å². The van der Waals surface area contributed by atoms with Gasteiger partial charge in [0.25, 0.3) is 0 Å². The minimum atomic E-state index is -0.277. The van der Waals surface area contributed by atoms with Gasteiger partial charge in [0.1, 0.15) is 5.82 Å². The van der Waals surface area contributed by atoms with Gasteiger partial charge in [-0.25, -0.2) is 9.18 Å². The number of amides is 1. The number of piperidine rings is 1. The van der Waals surface area contributed by atoms with Crippen LogP contribution < -0.4 is 16.0 Å². The molecule has 0 bridgehead atoms. The SMILES string of the molecule is CCOC(=O)N1CCC(NC(=S)Nc2ccccc2Nc2ccc(F)cc2)CC1. The van der Waals surface area contributed by atoms with Gasteiger partial charge in [0.2, 0.25) is 0 Å². The lowest BCUT2D eigenvalue weighted by Gasteiger charge is -2.32. The summed E-state index contributed by atoms with van der Waals surface area (Å²) in [6, 6.07) is 14.0. The number of anilines is 3. The Labute approximate surface area is 175 Å². The summed E-state index contributed by atoms with van der Waals surface area (Å²) >= 11 is 5.48. The van der Waals surface area contributed by atoms with Crippen molar-refractivity contribution in [3.8, 4) is 0 Å². The Morgan fingerprint density at radius 1 is 1.14 bits per heavy atom. The summed E-state index contributed by atoms with van der Waals surface area (Å²) in [6.07, 6.45) is 1.35. The number of para-hydroxylation sites is 2. The Kier molecular flexibility index (Phi) is 7.24. The predicted molar refractivity (Wildman–Crippen MR) is 117 cm³/mol. The lowest BCUT2D eigenvalue weighted by atomic mass is 10.1. The van der Waals surface area contributed by atoms with Crippen LogP contribution in [0.15, 0.2) is 48.5 Å². The van der Waals surface area contributed by atoms with Gasteiger partial charge in [-0.3, -0.25) is 0 Å². The van der Waals surface area contributed by atoms with E-state index in [0.29, 0.717) is 24.8 Å². The van der Waals surface area contributed by atoms with Crippen LogP contribution in [0.4, 0.5) is 26.2 Å². The van der Waals surface area contributed by atoms with Crippen LogP contribution in [-0.4, -0.2) is 41.8 Å². The molecule has 0 radical (unpaired) electrons. The van der Waals surface area contributed by atoms with Crippen LogP contribution in [0.2, 0.25) is 0 Å². The normalized spacial score (nSPS) is 14.2. The van der Waals surface area contributed by atoms with E-state index >= 15 is 0 Å². The molecule has 6 nitrogen and oxygen atoms in total. The average Bonchev–Trinajstić information content (AvgIpc) is 2.72. The van der Waals surface area contributed by atoms with Gasteiger partial charge in [-0.15, -0.1) is 0 Å². The highest BCUT2D eigenvalue weighted by Gasteiger charge is 2.24. The van der Waals surface area contributed by atoms with E-state index in [1.807, 2.05) is 24.3 Å². The van der Waals surface area contributed by atoms with Crippen LogP contribution in [0.3, 0.4) is 0 Å². The third-order valence-electron chi connectivity index (χ3n) is 4.65. The quantitative estimate of drug-likeness (QED) is 0.625. The lowest BCUT2D eigenvalue weighted by molar-refractivity contribution is 0.0964. The van der Waals surface area contributed by atoms with Crippen LogP contribution >= 0.6 is 12.2 Å². The molecule has 154 valence electrons. The summed E-state index contributed by atoms with van der Waals surface area (Å²) in [6.45, 7) is 3.47. The number of hydrogen-bond acceptors (Lipinski definition) is 4. The second kappa shape index (κ2) is 10.1.